The highest BCUT2D eigenvalue weighted by Gasteiger charge is 2.34. The maximum Gasteiger partial charge on any atom is 0.328 e. The molecule has 13 heavy (non-hydrogen) atoms. The van der Waals surface area contributed by atoms with Gasteiger partial charge in [-0.1, -0.05) is 6.42 Å². The van der Waals surface area contributed by atoms with Crippen molar-refractivity contribution in [1.29, 1.82) is 0 Å². The number of hydroxylamine groups is 2. The van der Waals surface area contributed by atoms with Gasteiger partial charge in [-0.25, -0.2) is 0 Å². The topological polar surface area (TPSA) is 29.5 Å². The third-order valence-electron chi connectivity index (χ3n) is 2.86. The highest BCUT2D eigenvalue weighted by Crippen LogP contribution is 2.31. The molecule has 2 fully saturated rings. The molecule has 0 N–H and O–H groups in total. The maximum absolute atomic E-state index is 11.4. The summed E-state index contributed by atoms with van der Waals surface area (Å²) in [6.07, 6.45) is 5.63. The molecule has 1 saturated heterocycles. The molecule has 3 nitrogen and oxygen atoms in total. The first-order valence-corrected chi connectivity index (χ1v) is 5.26. The van der Waals surface area contributed by atoms with Gasteiger partial charge in [-0.2, -0.15) is 0 Å². The number of carbonyl (C=O) groups is 1. The van der Waals surface area contributed by atoms with Crippen LogP contribution in [-0.2, 0) is 9.63 Å². The number of carbonyl (C=O) groups excluding carboxylic acids is 1. The van der Waals surface area contributed by atoms with E-state index in [1.807, 2.05) is 5.06 Å². The van der Waals surface area contributed by atoms with Crippen LogP contribution in [0.1, 0.15) is 39.0 Å². The number of rotatable bonds is 2. The maximum atomic E-state index is 11.4. The van der Waals surface area contributed by atoms with Gasteiger partial charge in [0.2, 0.25) is 0 Å². The molecule has 3 heteroatoms. The fourth-order valence-electron chi connectivity index (χ4n) is 1.72. The molecule has 0 spiro atoms. The first kappa shape index (κ1) is 9.00. The standard InChI is InChI=1S/C10H17NO2/c1-8-4-2-3-7-11(8)13-10(12)9-5-6-9/h8-9H,2-7H2,1H3. The van der Waals surface area contributed by atoms with Gasteiger partial charge >= 0.3 is 5.97 Å². The average Bonchev–Trinajstić information content (AvgIpc) is 2.91. The van der Waals surface area contributed by atoms with Crippen LogP contribution in [0.3, 0.4) is 0 Å². The lowest BCUT2D eigenvalue weighted by Crippen LogP contribution is -2.39. The summed E-state index contributed by atoms with van der Waals surface area (Å²) in [5.41, 5.74) is 0. The lowest BCUT2D eigenvalue weighted by Gasteiger charge is -2.31. The molecular formula is C10H17NO2. The fourth-order valence-corrected chi connectivity index (χ4v) is 1.72. The highest BCUT2D eigenvalue weighted by molar-refractivity contribution is 5.74. The summed E-state index contributed by atoms with van der Waals surface area (Å²) >= 11 is 0. The molecule has 1 aliphatic heterocycles. The Labute approximate surface area is 79.0 Å². The molecule has 74 valence electrons. The van der Waals surface area contributed by atoms with Crippen LogP contribution >= 0.6 is 0 Å². The van der Waals surface area contributed by atoms with E-state index in [0.717, 1.165) is 32.2 Å². The quantitative estimate of drug-likeness (QED) is 0.653. The van der Waals surface area contributed by atoms with Crippen LogP contribution < -0.4 is 0 Å². The molecular weight excluding hydrogens is 166 g/mol. The Balaban J connectivity index is 1.81. The number of nitrogens with zero attached hydrogens (tertiary/aromatic N) is 1. The van der Waals surface area contributed by atoms with E-state index in [2.05, 4.69) is 6.92 Å². The normalized spacial score (nSPS) is 30.1. The van der Waals surface area contributed by atoms with E-state index < -0.39 is 0 Å². The SMILES string of the molecule is CC1CCCCN1OC(=O)C1CC1. The summed E-state index contributed by atoms with van der Waals surface area (Å²) in [5, 5.41) is 1.87. The second-order valence-corrected chi connectivity index (χ2v) is 4.17. The van der Waals surface area contributed by atoms with Crippen molar-refractivity contribution >= 4 is 5.97 Å². The van der Waals surface area contributed by atoms with E-state index in [4.69, 9.17) is 4.84 Å². The van der Waals surface area contributed by atoms with Crippen molar-refractivity contribution in [2.45, 2.75) is 45.1 Å². The van der Waals surface area contributed by atoms with Gasteiger partial charge in [0.25, 0.3) is 0 Å². The van der Waals surface area contributed by atoms with E-state index in [0.29, 0.717) is 6.04 Å². The predicted octanol–water partition coefficient (Wildman–Crippen LogP) is 1.73. The molecule has 0 amide bonds. The zero-order valence-electron chi connectivity index (χ0n) is 8.16. The minimum Gasteiger partial charge on any atom is -0.367 e. The van der Waals surface area contributed by atoms with Crippen molar-refractivity contribution in [3.05, 3.63) is 0 Å². The van der Waals surface area contributed by atoms with Gasteiger partial charge in [0.1, 0.15) is 0 Å². The molecule has 1 aliphatic carbocycles. The van der Waals surface area contributed by atoms with Gasteiger partial charge in [0.05, 0.1) is 5.92 Å². The Morgan fingerprint density at radius 3 is 2.69 bits per heavy atom. The Morgan fingerprint density at radius 1 is 1.31 bits per heavy atom. The predicted molar refractivity (Wildman–Crippen MR) is 48.8 cm³/mol. The van der Waals surface area contributed by atoms with Crippen LogP contribution in [0.2, 0.25) is 0 Å². The molecule has 2 rings (SSSR count). The summed E-state index contributed by atoms with van der Waals surface area (Å²) in [5.74, 6) is 0.211. The Morgan fingerprint density at radius 2 is 2.08 bits per heavy atom. The van der Waals surface area contributed by atoms with Crippen molar-refractivity contribution < 1.29 is 9.63 Å². The Hall–Kier alpha value is -0.570. The zero-order valence-corrected chi connectivity index (χ0v) is 8.16. The van der Waals surface area contributed by atoms with Gasteiger partial charge < -0.3 is 4.84 Å². The van der Waals surface area contributed by atoms with Crippen molar-refractivity contribution in [2.75, 3.05) is 6.54 Å². The van der Waals surface area contributed by atoms with Crippen LogP contribution in [0.5, 0.6) is 0 Å². The van der Waals surface area contributed by atoms with Crippen molar-refractivity contribution in [1.82, 2.24) is 5.06 Å². The number of hydrogen-bond donors (Lipinski definition) is 0. The summed E-state index contributed by atoms with van der Waals surface area (Å²) in [7, 11) is 0. The van der Waals surface area contributed by atoms with Crippen LogP contribution in [0, 0.1) is 5.92 Å². The van der Waals surface area contributed by atoms with Crippen LogP contribution in [0.4, 0.5) is 0 Å². The second kappa shape index (κ2) is 3.66. The van der Waals surface area contributed by atoms with Crippen LogP contribution in [-0.4, -0.2) is 23.6 Å². The van der Waals surface area contributed by atoms with Gasteiger partial charge in [-0.15, -0.1) is 5.06 Å². The molecule has 0 aromatic rings. The molecule has 0 aromatic heterocycles. The lowest BCUT2D eigenvalue weighted by molar-refractivity contribution is -0.207. The van der Waals surface area contributed by atoms with Crippen molar-refractivity contribution in [3.63, 3.8) is 0 Å². The molecule has 1 unspecified atom stereocenters. The third-order valence-corrected chi connectivity index (χ3v) is 2.86. The zero-order chi connectivity index (χ0) is 9.26. The van der Waals surface area contributed by atoms with E-state index in [9.17, 15) is 4.79 Å². The molecule has 1 saturated carbocycles. The van der Waals surface area contributed by atoms with Gasteiger partial charge in [0.15, 0.2) is 0 Å². The van der Waals surface area contributed by atoms with Gasteiger partial charge in [0, 0.05) is 12.6 Å². The smallest absolute Gasteiger partial charge is 0.328 e. The van der Waals surface area contributed by atoms with E-state index in [-0.39, 0.29) is 11.9 Å². The molecule has 2 aliphatic rings. The first-order chi connectivity index (χ1) is 6.27. The van der Waals surface area contributed by atoms with Crippen molar-refractivity contribution in [2.24, 2.45) is 5.92 Å². The monoisotopic (exact) mass is 183 g/mol. The largest absolute Gasteiger partial charge is 0.367 e. The lowest BCUT2D eigenvalue weighted by atomic mass is 10.1. The Kier molecular flexibility index (Phi) is 2.54. The van der Waals surface area contributed by atoms with E-state index in [1.165, 1.54) is 6.42 Å². The third kappa shape index (κ3) is 2.21. The highest BCUT2D eigenvalue weighted by atomic mass is 16.7. The summed E-state index contributed by atoms with van der Waals surface area (Å²) in [6, 6.07) is 0.413. The van der Waals surface area contributed by atoms with Crippen molar-refractivity contribution in [3.8, 4) is 0 Å². The summed E-state index contributed by atoms with van der Waals surface area (Å²) in [4.78, 5) is 16.7. The Bertz CT molecular complexity index is 201. The van der Waals surface area contributed by atoms with E-state index >= 15 is 0 Å². The van der Waals surface area contributed by atoms with E-state index in [1.54, 1.807) is 0 Å². The minimum absolute atomic E-state index is 0.00579. The molecule has 1 atom stereocenters. The fraction of sp³-hybridized carbons (Fsp3) is 0.900. The average molecular weight is 183 g/mol. The van der Waals surface area contributed by atoms with Gasteiger partial charge in [-0.3, -0.25) is 4.79 Å². The second-order valence-electron chi connectivity index (χ2n) is 4.17. The number of hydrogen-bond acceptors (Lipinski definition) is 3. The molecule has 0 radical (unpaired) electrons. The van der Waals surface area contributed by atoms with Gasteiger partial charge in [-0.05, 0) is 32.6 Å². The first-order valence-electron chi connectivity index (χ1n) is 5.26. The number of piperidine rings is 1. The minimum atomic E-state index is -0.00579. The molecule has 1 heterocycles. The summed E-state index contributed by atoms with van der Waals surface area (Å²) in [6.45, 7) is 3.04. The molecule has 0 bridgehead atoms. The summed E-state index contributed by atoms with van der Waals surface area (Å²) < 4.78 is 0. The molecule has 0 aromatic carbocycles. The van der Waals surface area contributed by atoms with Crippen LogP contribution in [0.25, 0.3) is 0 Å². The van der Waals surface area contributed by atoms with Crippen LogP contribution in [0.15, 0.2) is 0 Å².